The predicted octanol–water partition coefficient (Wildman–Crippen LogP) is 3.18. The van der Waals surface area contributed by atoms with E-state index < -0.39 is 0 Å². The highest BCUT2D eigenvalue weighted by Crippen LogP contribution is 2.32. The van der Waals surface area contributed by atoms with E-state index >= 15 is 0 Å². The van der Waals surface area contributed by atoms with Crippen LogP contribution in [0.3, 0.4) is 0 Å². The first kappa shape index (κ1) is 19.3. The Kier molecular flexibility index (Phi) is 5.40. The smallest absolute Gasteiger partial charge is 0.130 e. The molecule has 1 fully saturated rings. The van der Waals surface area contributed by atoms with Crippen LogP contribution in [0.5, 0.6) is 0 Å². The van der Waals surface area contributed by atoms with Crippen molar-refractivity contribution in [1.82, 2.24) is 20.2 Å². The lowest BCUT2D eigenvalue weighted by Crippen LogP contribution is -2.44. The van der Waals surface area contributed by atoms with E-state index in [1.54, 1.807) is 13.2 Å². The number of hydrogen-bond acceptors (Lipinski definition) is 6. The average molecular weight is 390 g/mol. The van der Waals surface area contributed by atoms with Gasteiger partial charge in [-0.3, -0.25) is 15.1 Å². The summed E-state index contributed by atoms with van der Waals surface area (Å²) in [7, 11) is 1.78. The fourth-order valence-corrected chi connectivity index (χ4v) is 3.82. The van der Waals surface area contributed by atoms with Crippen LogP contribution in [-0.4, -0.2) is 58.7 Å². The molecule has 0 unspecified atom stereocenters. The molecule has 7 nitrogen and oxygen atoms in total. The molecular weight excluding hydrogens is 364 g/mol. The van der Waals surface area contributed by atoms with E-state index in [1.807, 2.05) is 25.3 Å². The number of nitrogens with one attached hydrogen (secondary N) is 1. The van der Waals surface area contributed by atoms with Crippen molar-refractivity contribution >= 4 is 11.5 Å². The van der Waals surface area contributed by atoms with Gasteiger partial charge in [-0.05, 0) is 50.1 Å². The second-order valence-corrected chi connectivity index (χ2v) is 7.29. The highest BCUT2D eigenvalue weighted by atomic mass is 16.5. The average Bonchev–Trinajstić information content (AvgIpc) is 3.25. The van der Waals surface area contributed by atoms with E-state index in [9.17, 15) is 0 Å². The van der Waals surface area contributed by atoms with E-state index in [-0.39, 0.29) is 6.04 Å². The van der Waals surface area contributed by atoms with Crippen molar-refractivity contribution in [2.75, 3.05) is 31.7 Å². The molecular formula is C22H26N6O. The molecule has 0 radical (unpaired) electrons. The van der Waals surface area contributed by atoms with Crippen LogP contribution in [0.1, 0.15) is 29.6 Å². The molecule has 0 aromatic carbocycles. The Hall–Kier alpha value is -3.06. The summed E-state index contributed by atoms with van der Waals surface area (Å²) in [4.78, 5) is 16.4. The number of anilines is 1. The van der Waals surface area contributed by atoms with Gasteiger partial charge in [0.05, 0.1) is 24.9 Å². The number of morpholine rings is 1. The van der Waals surface area contributed by atoms with E-state index in [4.69, 9.17) is 9.72 Å². The van der Waals surface area contributed by atoms with E-state index in [1.165, 1.54) is 0 Å². The van der Waals surface area contributed by atoms with Crippen molar-refractivity contribution in [2.45, 2.75) is 26.8 Å². The first-order valence-corrected chi connectivity index (χ1v) is 9.85. The number of H-pyrrole nitrogens is 1. The molecule has 0 spiro atoms. The van der Waals surface area contributed by atoms with Gasteiger partial charge in [0.25, 0.3) is 0 Å². The van der Waals surface area contributed by atoms with Crippen LogP contribution in [0.2, 0.25) is 0 Å². The zero-order valence-corrected chi connectivity index (χ0v) is 17.3. The highest BCUT2D eigenvalue weighted by Gasteiger charge is 2.25. The van der Waals surface area contributed by atoms with Gasteiger partial charge < -0.3 is 9.64 Å². The fourth-order valence-electron chi connectivity index (χ4n) is 3.82. The van der Waals surface area contributed by atoms with E-state index in [0.29, 0.717) is 13.2 Å². The number of aliphatic imine (C=N–C) groups is 1. The maximum atomic E-state index is 5.63. The molecule has 29 heavy (non-hydrogen) atoms. The van der Waals surface area contributed by atoms with Gasteiger partial charge in [0.2, 0.25) is 0 Å². The first-order chi connectivity index (χ1) is 14.1. The quantitative estimate of drug-likeness (QED) is 0.692. The van der Waals surface area contributed by atoms with Crippen LogP contribution < -0.4 is 4.90 Å². The number of ether oxygens (including phenoxy) is 1. The van der Waals surface area contributed by atoms with Gasteiger partial charge in [-0.2, -0.15) is 5.10 Å². The zero-order valence-electron chi connectivity index (χ0n) is 17.3. The lowest BCUT2D eigenvalue weighted by molar-refractivity contribution is 0.0985. The fraction of sp³-hybridized carbons (Fsp3) is 0.364. The number of nitrogens with zero attached hydrogens (tertiary/aromatic N) is 5. The summed E-state index contributed by atoms with van der Waals surface area (Å²) in [5.74, 6) is 0.927. The molecule has 0 aliphatic carbocycles. The zero-order chi connectivity index (χ0) is 20.4. The summed E-state index contributed by atoms with van der Waals surface area (Å²) in [5.41, 5.74) is 6.67. The predicted molar refractivity (Wildman–Crippen MR) is 115 cm³/mol. The van der Waals surface area contributed by atoms with Gasteiger partial charge >= 0.3 is 0 Å². The maximum Gasteiger partial charge on any atom is 0.130 e. The molecule has 3 aromatic heterocycles. The topological polar surface area (TPSA) is 79.3 Å². The molecule has 1 N–H and O–H groups in total. The summed E-state index contributed by atoms with van der Waals surface area (Å²) in [6, 6.07) is 8.42. The molecule has 4 rings (SSSR count). The Morgan fingerprint density at radius 3 is 2.83 bits per heavy atom. The molecule has 150 valence electrons. The summed E-state index contributed by atoms with van der Waals surface area (Å²) >= 11 is 0. The van der Waals surface area contributed by atoms with E-state index in [2.05, 4.69) is 51.1 Å². The molecule has 7 heteroatoms. The SMILES string of the molecule is C/N=C(/c1cc[nH]n1)c1nc(N2CCOC[C@H]2C)cc(-c2cccnc2C)c1C. The number of aromatic nitrogens is 4. The molecule has 1 saturated heterocycles. The Balaban J connectivity index is 1.94. The summed E-state index contributed by atoms with van der Waals surface area (Å²) in [5, 5.41) is 7.22. The van der Waals surface area contributed by atoms with Crippen LogP contribution in [0.25, 0.3) is 11.1 Å². The number of pyridine rings is 2. The van der Waals surface area contributed by atoms with Gasteiger partial charge in [0.1, 0.15) is 17.2 Å². The minimum Gasteiger partial charge on any atom is -0.377 e. The molecule has 1 aliphatic rings. The number of hydrogen-bond donors (Lipinski definition) is 1. The Bertz CT molecular complexity index is 1030. The van der Waals surface area contributed by atoms with Crippen LogP contribution in [0, 0.1) is 13.8 Å². The summed E-state index contributed by atoms with van der Waals surface area (Å²) in [6.07, 6.45) is 3.62. The Morgan fingerprint density at radius 1 is 1.28 bits per heavy atom. The summed E-state index contributed by atoms with van der Waals surface area (Å²) in [6.45, 7) is 8.49. The number of rotatable bonds is 4. The molecule has 0 bridgehead atoms. The van der Waals surface area contributed by atoms with Crippen LogP contribution >= 0.6 is 0 Å². The third-order valence-corrected chi connectivity index (χ3v) is 5.41. The molecule has 1 atom stereocenters. The minimum atomic E-state index is 0.252. The van der Waals surface area contributed by atoms with Crippen molar-refractivity contribution in [3.05, 3.63) is 59.3 Å². The summed E-state index contributed by atoms with van der Waals surface area (Å²) < 4.78 is 5.63. The molecule has 4 heterocycles. The largest absolute Gasteiger partial charge is 0.377 e. The third kappa shape index (κ3) is 3.65. The lowest BCUT2D eigenvalue weighted by Gasteiger charge is -2.35. The Labute approximate surface area is 170 Å². The lowest BCUT2D eigenvalue weighted by atomic mass is 9.96. The number of aryl methyl sites for hydroxylation is 1. The van der Waals surface area contributed by atoms with Crippen LogP contribution in [0.4, 0.5) is 5.82 Å². The first-order valence-electron chi connectivity index (χ1n) is 9.85. The van der Waals surface area contributed by atoms with Gasteiger partial charge in [-0.15, -0.1) is 0 Å². The third-order valence-electron chi connectivity index (χ3n) is 5.41. The molecule has 1 aliphatic heterocycles. The van der Waals surface area contributed by atoms with Gasteiger partial charge in [0, 0.05) is 37.2 Å². The second-order valence-electron chi connectivity index (χ2n) is 7.29. The van der Waals surface area contributed by atoms with Crippen LogP contribution in [-0.2, 0) is 4.74 Å². The van der Waals surface area contributed by atoms with Gasteiger partial charge in [-0.25, -0.2) is 4.98 Å². The molecule has 3 aromatic rings. The highest BCUT2D eigenvalue weighted by molar-refractivity contribution is 6.12. The van der Waals surface area contributed by atoms with Gasteiger partial charge in [-0.1, -0.05) is 6.07 Å². The van der Waals surface area contributed by atoms with E-state index in [0.717, 1.165) is 51.8 Å². The van der Waals surface area contributed by atoms with Crippen molar-refractivity contribution < 1.29 is 4.74 Å². The van der Waals surface area contributed by atoms with Crippen molar-refractivity contribution in [3.8, 4) is 11.1 Å². The van der Waals surface area contributed by atoms with Crippen molar-refractivity contribution in [3.63, 3.8) is 0 Å². The second kappa shape index (κ2) is 8.13. The monoisotopic (exact) mass is 390 g/mol. The maximum absolute atomic E-state index is 5.63. The normalized spacial score (nSPS) is 17.6. The standard InChI is InChI=1S/C22H26N6O/c1-14-13-29-11-10-28(14)20-12-18(17-6-5-8-24-16(17)3)15(2)21(26-20)22(23-4)19-7-9-25-27-19/h5-9,12,14H,10-11,13H2,1-4H3,(H,25,27)/b23-22-/t14-/m1/s1. The van der Waals surface area contributed by atoms with Gasteiger partial charge in [0.15, 0.2) is 0 Å². The Morgan fingerprint density at radius 2 is 2.14 bits per heavy atom. The molecule has 0 saturated carbocycles. The molecule has 0 amide bonds. The van der Waals surface area contributed by atoms with Crippen molar-refractivity contribution in [2.24, 2.45) is 4.99 Å². The minimum absolute atomic E-state index is 0.252. The van der Waals surface area contributed by atoms with Crippen LogP contribution in [0.15, 0.2) is 41.7 Å². The van der Waals surface area contributed by atoms with Crippen molar-refractivity contribution in [1.29, 1.82) is 0 Å². The number of aromatic amines is 1.